The van der Waals surface area contributed by atoms with Crippen LogP contribution in [0.4, 0.5) is 5.69 Å². The summed E-state index contributed by atoms with van der Waals surface area (Å²) >= 11 is 5.34. The zero-order valence-electron chi connectivity index (χ0n) is 13.7. The molecule has 0 saturated carbocycles. The molecule has 0 atom stereocenters. The third-order valence-electron chi connectivity index (χ3n) is 3.58. The smallest absolute Gasteiger partial charge is 0.337 e. The molecule has 0 spiro atoms. The van der Waals surface area contributed by atoms with Gasteiger partial charge < -0.3 is 20.3 Å². The van der Waals surface area contributed by atoms with E-state index in [4.69, 9.17) is 12.2 Å². The van der Waals surface area contributed by atoms with Crippen molar-refractivity contribution >= 4 is 28.9 Å². The average molecular weight is 345 g/mol. The van der Waals surface area contributed by atoms with Gasteiger partial charge in [0.05, 0.1) is 18.2 Å². The van der Waals surface area contributed by atoms with Gasteiger partial charge in [-0.1, -0.05) is 26.1 Å². The fourth-order valence-electron chi connectivity index (χ4n) is 2.24. The number of esters is 1. The Morgan fingerprint density at radius 3 is 2.29 bits per heavy atom. The van der Waals surface area contributed by atoms with Crippen molar-refractivity contribution < 1.29 is 19.7 Å². The van der Waals surface area contributed by atoms with Crippen LogP contribution in [0.15, 0.2) is 36.4 Å². The predicted molar refractivity (Wildman–Crippen MR) is 97.0 cm³/mol. The molecule has 0 aliphatic heterocycles. The molecule has 2 rings (SSSR count). The van der Waals surface area contributed by atoms with Crippen LogP contribution in [0.25, 0.3) is 0 Å². The van der Waals surface area contributed by atoms with E-state index in [0.717, 1.165) is 0 Å². The number of carbonyl (C=O) groups is 1. The topological polar surface area (TPSA) is 78.8 Å². The lowest BCUT2D eigenvalue weighted by molar-refractivity contribution is 0.0601. The Balaban J connectivity index is 2.24. The largest absolute Gasteiger partial charge is 0.508 e. The number of hydrogen-bond donors (Lipinski definition) is 3. The molecule has 6 heteroatoms. The molecule has 0 fully saturated rings. The Labute approximate surface area is 145 Å². The van der Waals surface area contributed by atoms with E-state index in [0.29, 0.717) is 27.4 Å². The number of carbonyl (C=O) groups excluding carboxylic acids is 1. The summed E-state index contributed by atoms with van der Waals surface area (Å²) in [5, 5.41) is 22.9. The van der Waals surface area contributed by atoms with Crippen molar-refractivity contribution in [3.05, 3.63) is 53.1 Å². The molecule has 0 radical (unpaired) electrons. The Bertz CT molecular complexity index is 769. The second kappa shape index (κ2) is 7.31. The van der Waals surface area contributed by atoms with Gasteiger partial charge >= 0.3 is 5.97 Å². The van der Waals surface area contributed by atoms with Crippen molar-refractivity contribution in [2.24, 2.45) is 0 Å². The van der Waals surface area contributed by atoms with E-state index in [1.807, 2.05) is 13.8 Å². The van der Waals surface area contributed by atoms with Gasteiger partial charge in [-0.2, -0.15) is 0 Å². The number of phenols is 2. The van der Waals surface area contributed by atoms with Crippen LogP contribution in [0.5, 0.6) is 11.5 Å². The summed E-state index contributed by atoms with van der Waals surface area (Å²) in [7, 11) is 1.32. The zero-order valence-corrected chi connectivity index (χ0v) is 14.5. The van der Waals surface area contributed by atoms with E-state index in [1.165, 1.54) is 13.2 Å². The summed E-state index contributed by atoms with van der Waals surface area (Å²) in [4.78, 5) is 11.7. The monoisotopic (exact) mass is 345 g/mol. The number of benzene rings is 2. The van der Waals surface area contributed by atoms with Crippen LogP contribution in [-0.2, 0) is 4.74 Å². The Morgan fingerprint density at radius 2 is 1.75 bits per heavy atom. The molecule has 0 heterocycles. The van der Waals surface area contributed by atoms with Crippen LogP contribution in [0.1, 0.15) is 41.3 Å². The van der Waals surface area contributed by atoms with Crippen LogP contribution < -0.4 is 5.32 Å². The number of thiocarbonyl (C=S) groups is 1. The Kier molecular flexibility index (Phi) is 5.41. The third-order valence-corrected chi connectivity index (χ3v) is 3.90. The van der Waals surface area contributed by atoms with Gasteiger partial charge in [0.2, 0.25) is 0 Å². The molecule has 2 aromatic carbocycles. The Hall–Kier alpha value is -2.60. The summed E-state index contributed by atoms with van der Waals surface area (Å²) in [5.41, 5.74) is 2.24. The highest BCUT2D eigenvalue weighted by Gasteiger charge is 2.15. The van der Waals surface area contributed by atoms with Crippen molar-refractivity contribution in [2.75, 3.05) is 12.4 Å². The number of nitrogens with one attached hydrogen (secondary N) is 1. The van der Waals surface area contributed by atoms with E-state index in [2.05, 4.69) is 10.1 Å². The molecule has 0 aromatic heterocycles. The zero-order chi connectivity index (χ0) is 17.9. The quantitative estimate of drug-likeness (QED) is 0.578. The highest BCUT2D eigenvalue weighted by Crippen LogP contribution is 2.32. The van der Waals surface area contributed by atoms with Gasteiger partial charge in [-0.25, -0.2) is 4.79 Å². The van der Waals surface area contributed by atoms with E-state index in [9.17, 15) is 15.0 Å². The van der Waals surface area contributed by atoms with Crippen molar-refractivity contribution in [2.45, 2.75) is 19.8 Å². The van der Waals surface area contributed by atoms with E-state index in [1.54, 1.807) is 30.3 Å². The second-order valence-electron chi connectivity index (χ2n) is 5.61. The minimum atomic E-state index is -0.415. The summed E-state index contributed by atoms with van der Waals surface area (Å²) in [6, 6.07) is 9.59. The average Bonchev–Trinajstić information content (AvgIpc) is 2.54. The van der Waals surface area contributed by atoms with Gasteiger partial charge in [0.25, 0.3) is 0 Å². The molecular weight excluding hydrogens is 326 g/mol. The molecule has 0 aliphatic carbocycles. The summed E-state index contributed by atoms with van der Waals surface area (Å²) in [6.45, 7) is 3.88. The molecule has 3 N–H and O–H groups in total. The number of anilines is 1. The minimum absolute atomic E-state index is 0.0384. The summed E-state index contributed by atoms with van der Waals surface area (Å²) < 4.78 is 4.65. The maximum absolute atomic E-state index is 11.4. The molecule has 5 nitrogen and oxygen atoms in total. The van der Waals surface area contributed by atoms with Gasteiger partial charge in [-0.3, -0.25) is 0 Å². The second-order valence-corrected chi connectivity index (χ2v) is 6.01. The molecule has 0 saturated heterocycles. The van der Waals surface area contributed by atoms with E-state index >= 15 is 0 Å². The van der Waals surface area contributed by atoms with Crippen molar-refractivity contribution in [3.63, 3.8) is 0 Å². The molecule has 2 aromatic rings. The predicted octanol–water partition coefficient (Wildman–Crippen LogP) is 3.80. The maximum Gasteiger partial charge on any atom is 0.337 e. The molecule has 0 amide bonds. The minimum Gasteiger partial charge on any atom is -0.508 e. The molecular formula is C18H19NO4S. The fraction of sp³-hybridized carbons (Fsp3) is 0.222. The first-order chi connectivity index (χ1) is 11.3. The molecule has 126 valence electrons. The first-order valence-corrected chi connectivity index (χ1v) is 7.80. The van der Waals surface area contributed by atoms with Crippen LogP contribution in [0, 0.1) is 0 Å². The van der Waals surface area contributed by atoms with Crippen molar-refractivity contribution in [1.82, 2.24) is 0 Å². The first kappa shape index (κ1) is 17.7. The van der Waals surface area contributed by atoms with Gasteiger partial charge in [0.15, 0.2) is 0 Å². The maximum atomic E-state index is 11.4. The van der Waals surface area contributed by atoms with Crippen molar-refractivity contribution in [3.8, 4) is 11.5 Å². The van der Waals surface area contributed by atoms with Gasteiger partial charge in [0, 0.05) is 11.8 Å². The molecule has 0 bridgehead atoms. The van der Waals surface area contributed by atoms with Crippen LogP contribution >= 0.6 is 12.2 Å². The lowest BCUT2D eigenvalue weighted by Crippen LogP contribution is -2.12. The number of phenolic OH excluding ortho intramolecular Hbond substituents is 2. The van der Waals surface area contributed by atoms with Gasteiger partial charge in [-0.05, 0) is 41.8 Å². The number of methoxy groups -OCH3 is 1. The normalized spacial score (nSPS) is 10.5. The van der Waals surface area contributed by atoms with E-state index < -0.39 is 5.97 Å². The fourth-order valence-corrected chi connectivity index (χ4v) is 2.53. The van der Waals surface area contributed by atoms with Gasteiger partial charge in [0.1, 0.15) is 16.5 Å². The lowest BCUT2D eigenvalue weighted by atomic mass is 9.99. The molecule has 24 heavy (non-hydrogen) atoms. The summed E-state index contributed by atoms with van der Waals surface area (Å²) in [5.74, 6) is -0.384. The van der Waals surface area contributed by atoms with Crippen LogP contribution in [0.2, 0.25) is 0 Å². The first-order valence-electron chi connectivity index (χ1n) is 7.39. The molecule has 0 unspecified atom stereocenters. The van der Waals surface area contributed by atoms with Gasteiger partial charge in [-0.15, -0.1) is 0 Å². The number of hydrogen-bond acceptors (Lipinski definition) is 5. The Morgan fingerprint density at radius 1 is 1.12 bits per heavy atom. The molecule has 0 aliphatic rings. The number of rotatable bonds is 4. The van der Waals surface area contributed by atoms with E-state index in [-0.39, 0.29) is 17.4 Å². The van der Waals surface area contributed by atoms with Crippen molar-refractivity contribution in [1.29, 1.82) is 0 Å². The SMILES string of the molecule is COC(=O)c1ccc(NC(=S)c2cc(C(C)C)c(O)cc2O)cc1. The standard InChI is InChI=1S/C18H19NO4S/c1-10(2)13-8-14(16(21)9-15(13)20)17(24)19-12-6-4-11(5-7-12)18(22)23-3/h4-10,20-21H,1-3H3,(H,19,24). The highest BCUT2D eigenvalue weighted by atomic mass is 32.1. The highest BCUT2D eigenvalue weighted by molar-refractivity contribution is 7.81. The third kappa shape index (κ3) is 3.83. The van der Waals surface area contributed by atoms with Crippen LogP contribution in [0.3, 0.4) is 0 Å². The van der Waals surface area contributed by atoms with Crippen LogP contribution in [-0.4, -0.2) is 28.3 Å². The number of ether oxygens (including phenoxy) is 1. The summed E-state index contributed by atoms with van der Waals surface area (Å²) in [6.07, 6.45) is 0. The lowest BCUT2D eigenvalue weighted by Gasteiger charge is -2.14. The number of aromatic hydroxyl groups is 2.